The van der Waals surface area contributed by atoms with Crippen LogP contribution in [0.5, 0.6) is 5.75 Å². The number of para-hydroxylation sites is 1. The second kappa shape index (κ2) is 5.82. The Bertz CT molecular complexity index is 604. The second-order valence-electron chi connectivity index (χ2n) is 4.63. The monoisotopic (exact) mass is 324 g/mol. The first-order valence-corrected chi connectivity index (χ1v) is 7.70. The Kier molecular flexibility index (Phi) is 4.45. The molecule has 1 saturated heterocycles. The molecule has 9 heteroatoms. The number of ether oxygens (including phenoxy) is 1. The maximum Gasteiger partial charge on any atom is 0.573 e. The van der Waals surface area contributed by atoms with E-state index in [1.54, 1.807) is 7.05 Å². The van der Waals surface area contributed by atoms with Crippen molar-refractivity contribution >= 4 is 10.0 Å². The number of nitrogens with zero attached hydrogens (tertiary/aromatic N) is 1. The number of likely N-dealkylation sites (N-methyl/N-ethyl adjacent to an activating group) is 1. The lowest BCUT2D eigenvalue weighted by Gasteiger charge is -2.19. The average Bonchev–Trinajstić information content (AvgIpc) is 2.86. The summed E-state index contributed by atoms with van der Waals surface area (Å²) >= 11 is 0. The summed E-state index contributed by atoms with van der Waals surface area (Å²) in [7, 11) is -2.31. The molecule has 0 spiro atoms. The Balaban J connectivity index is 2.33. The van der Waals surface area contributed by atoms with Crippen molar-refractivity contribution in [3.05, 3.63) is 24.3 Å². The topological polar surface area (TPSA) is 58.6 Å². The SMILES string of the molecule is CNC1CCN(S(=O)(=O)c2ccccc2OC(F)(F)F)C1. The molecule has 0 amide bonds. The molecule has 1 atom stereocenters. The van der Waals surface area contributed by atoms with Crippen LogP contribution < -0.4 is 10.1 Å². The van der Waals surface area contributed by atoms with Crippen molar-refractivity contribution in [2.75, 3.05) is 20.1 Å². The zero-order valence-electron chi connectivity index (χ0n) is 11.2. The van der Waals surface area contributed by atoms with Gasteiger partial charge in [-0.2, -0.15) is 4.31 Å². The van der Waals surface area contributed by atoms with Crippen molar-refractivity contribution in [2.45, 2.75) is 23.7 Å². The third kappa shape index (κ3) is 3.66. The van der Waals surface area contributed by atoms with Gasteiger partial charge >= 0.3 is 6.36 Å². The van der Waals surface area contributed by atoms with Crippen LogP contribution in [-0.2, 0) is 10.0 Å². The number of nitrogens with one attached hydrogen (secondary N) is 1. The maximum atomic E-state index is 12.5. The first-order chi connectivity index (χ1) is 9.74. The molecule has 0 aromatic heterocycles. The van der Waals surface area contributed by atoms with Crippen LogP contribution in [0.25, 0.3) is 0 Å². The summed E-state index contributed by atoms with van der Waals surface area (Å²) in [5, 5.41) is 2.95. The number of alkyl halides is 3. The molecule has 1 aromatic carbocycles. The maximum absolute atomic E-state index is 12.5. The predicted molar refractivity (Wildman–Crippen MR) is 69.3 cm³/mol. The fraction of sp³-hybridized carbons (Fsp3) is 0.500. The molecular formula is C12H15F3N2O3S. The van der Waals surface area contributed by atoms with Gasteiger partial charge in [-0.15, -0.1) is 13.2 Å². The highest BCUT2D eigenvalue weighted by atomic mass is 32.2. The molecule has 21 heavy (non-hydrogen) atoms. The minimum absolute atomic E-state index is 0.00419. The molecule has 1 N–H and O–H groups in total. The van der Waals surface area contributed by atoms with Crippen LogP contribution >= 0.6 is 0 Å². The smallest absolute Gasteiger partial charge is 0.404 e. The second-order valence-corrected chi connectivity index (χ2v) is 6.54. The number of halogens is 3. The van der Waals surface area contributed by atoms with E-state index in [1.807, 2.05) is 0 Å². The van der Waals surface area contributed by atoms with Gasteiger partial charge in [0.2, 0.25) is 10.0 Å². The standard InChI is InChI=1S/C12H15F3N2O3S/c1-16-9-6-7-17(8-9)21(18,19)11-5-3-2-4-10(11)20-12(13,14)15/h2-5,9,16H,6-8H2,1H3. The highest BCUT2D eigenvalue weighted by molar-refractivity contribution is 7.89. The summed E-state index contributed by atoms with van der Waals surface area (Å²) in [6.45, 7) is 0.480. The molecule has 1 aliphatic heterocycles. The van der Waals surface area contributed by atoms with E-state index < -0.39 is 27.0 Å². The molecule has 1 fully saturated rings. The van der Waals surface area contributed by atoms with Crippen molar-refractivity contribution in [3.63, 3.8) is 0 Å². The zero-order chi connectivity index (χ0) is 15.7. The van der Waals surface area contributed by atoms with Gasteiger partial charge in [-0.05, 0) is 25.6 Å². The van der Waals surface area contributed by atoms with Gasteiger partial charge in [-0.3, -0.25) is 0 Å². The van der Waals surface area contributed by atoms with E-state index in [2.05, 4.69) is 10.1 Å². The van der Waals surface area contributed by atoms with Crippen molar-refractivity contribution in [1.82, 2.24) is 9.62 Å². The van der Waals surface area contributed by atoms with Crippen molar-refractivity contribution in [1.29, 1.82) is 0 Å². The van der Waals surface area contributed by atoms with E-state index in [0.717, 1.165) is 16.4 Å². The van der Waals surface area contributed by atoms with Gasteiger partial charge in [0.15, 0.2) is 0 Å². The molecular weight excluding hydrogens is 309 g/mol. The highest BCUT2D eigenvalue weighted by Gasteiger charge is 2.37. The quantitative estimate of drug-likeness (QED) is 0.913. The van der Waals surface area contributed by atoms with Crippen LogP contribution in [0.1, 0.15) is 6.42 Å². The van der Waals surface area contributed by atoms with Crippen molar-refractivity contribution < 1.29 is 26.3 Å². The summed E-state index contributed by atoms with van der Waals surface area (Å²) in [6, 6.07) is 4.76. The summed E-state index contributed by atoms with van der Waals surface area (Å²) < 4.78 is 67.0. The zero-order valence-corrected chi connectivity index (χ0v) is 12.0. The van der Waals surface area contributed by atoms with Crippen molar-refractivity contribution in [2.24, 2.45) is 0 Å². The van der Waals surface area contributed by atoms with Crippen molar-refractivity contribution in [3.8, 4) is 5.75 Å². The highest BCUT2D eigenvalue weighted by Crippen LogP contribution is 2.32. The minimum Gasteiger partial charge on any atom is -0.404 e. The van der Waals surface area contributed by atoms with Gasteiger partial charge in [0, 0.05) is 19.1 Å². The van der Waals surface area contributed by atoms with Crippen LogP contribution in [0.4, 0.5) is 13.2 Å². The molecule has 5 nitrogen and oxygen atoms in total. The summed E-state index contributed by atoms with van der Waals surface area (Å²) in [4.78, 5) is -0.473. The van der Waals surface area contributed by atoms with Crippen LogP contribution in [0.3, 0.4) is 0 Å². The first-order valence-electron chi connectivity index (χ1n) is 6.26. The molecule has 0 radical (unpaired) electrons. The number of benzene rings is 1. The third-order valence-electron chi connectivity index (χ3n) is 3.25. The number of hydrogen-bond acceptors (Lipinski definition) is 4. The molecule has 0 aliphatic carbocycles. The van der Waals surface area contributed by atoms with Gasteiger partial charge in [-0.1, -0.05) is 12.1 Å². The summed E-state index contributed by atoms with van der Waals surface area (Å²) in [5.74, 6) is -0.710. The Labute approximate surface area is 120 Å². The Morgan fingerprint density at radius 1 is 1.33 bits per heavy atom. The van der Waals surface area contributed by atoms with Gasteiger partial charge in [0.05, 0.1) is 0 Å². The minimum atomic E-state index is -4.94. The van der Waals surface area contributed by atoms with Crippen LogP contribution in [-0.4, -0.2) is 45.3 Å². The number of hydrogen-bond donors (Lipinski definition) is 1. The Morgan fingerprint density at radius 2 is 2.00 bits per heavy atom. The van der Waals surface area contributed by atoms with Crippen LogP contribution in [0.15, 0.2) is 29.2 Å². The number of sulfonamides is 1. The van der Waals surface area contributed by atoms with Gasteiger partial charge in [-0.25, -0.2) is 8.42 Å². The molecule has 0 bridgehead atoms. The molecule has 1 aromatic rings. The largest absolute Gasteiger partial charge is 0.573 e. The predicted octanol–water partition coefficient (Wildman–Crippen LogP) is 1.57. The van der Waals surface area contributed by atoms with E-state index in [-0.39, 0.29) is 19.1 Å². The molecule has 1 heterocycles. The van der Waals surface area contributed by atoms with E-state index in [0.29, 0.717) is 6.42 Å². The first kappa shape index (κ1) is 16.1. The van der Waals surface area contributed by atoms with Gasteiger partial charge < -0.3 is 10.1 Å². The van der Waals surface area contributed by atoms with E-state index >= 15 is 0 Å². The van der Waals surface area contributed by atoms with Gasteiger partial charge in [0.1, 0.15) is 10.6 Å². The van der Waals surface area contributed by atoms with Crippen LogP contribution in [0.2, 0.25) is 0 Å². The molecule has 1 unspecified atom stereocenters. The summed E-state index contributed by atoms with van der Waals surface area (Å²) in [5.41, 5.74) is 0. The molecule has 1 aliphatic rings. The normalized spacial score (nSPS) is 20.7. The Morgan fingerprint density at radius 3 is 2.57 bits per heavy atom. The van der Waals surface area contributed by atoms with E-state index in [4.69, 9.17) is 0 Å². The third-order valence-corrected chi connectivity index (χ3v) is 5.16. The molecule has 2 rings (SSSR count). The lowest BCUT2D eigenvalue weighted by atomic mass is 10.3. The average molecular weight is 324 g/mol. The van der Waals surface area contributed by atoms with E-state index in [9.17, 15) is 21.6 Å². The van der Waals surface area contributed by atoms with Crippen LogP contribution in [0, 0.1) is 0 Å². The molecule has 0 saturated carbocycles. The van der Waals surface area contributed by atoms with Gasteiger partial charge in [0.25, 0.3) is 0 Å². The number of rotatable bonds is 4. The van der Waals surface area contributed by atoms with E-state index in [1.165, 1.54) is 12.1 Å². The summed E-state index contributed by atoms with van der Waals surface area (Å²) in [6.07, 6.45) is -4.33. The lowest BCUT2D eigenvalue weighted by Crippen LogP contribution is -2.34. The fourth-order valence-electron chi connectivity index (χ4n) is 2.19. The fourth-order valence-corrected chi connectivity index (χ4v) is 3.81. The molecule has 118 valence electrons. The Hall–Kier alpha value is -1.32. The lowest BCUT2D eigenvalue weighted by molar-refractivity contribution is -0.275.